The van der Waals surface area contributed by atoms with Gasteiger partial charge in [-0.2, -0.15) is 0 Å². The molecule has 0 aliphatic carbocycles. The van der Waals surface area contributed by atoms with E-state index in [2.05, 4.69) is 47.9 Å². The van der Waals surface area contributed by atoms with Gasteiger partial charge in [-0.25, -0.2) is 0 Å². The largest absolute Gasteiger partial charge is 0.375 e. The van der Waals surface area contributed by atoms with E-state index in [0.29, 0.717) is 12.1 Å². The summed E-state index contributed by atoms with van der Waals surface area (Å²) in [6.07, 6.45) is 1.49. The van der Waals surface area contributed by atoms with Crippen LogP contribution in [-0.4, -0.2) is 10.1 Å². The summed E-state index contributed by atoms with van der Waals surface area (Å²) >= 11 is 4.81. The molecule has 23 heavy (non-hydrogen) atoms. The molecule has 0 aliphatic heterocycles. The average Bonchev–Trinajstić information content (AvgIpc) is 2.46. The summed E-state index contributed by atoms with van der Waals surface area (Å²) in [6, 6.07) is 8.27. The normalized spacial score (nSPS) is 10.4. The van der Waals surface area contributed by atoms with Gasteiger partial charge in [0.25, 0.3) is 5.56 Å². The number of H-pyrrole nitrogens is 1. The zero-order valence-electron chi connectivity index (χ0n) is 13.6. The van der Waals surface area contributed by atoms with E-state index in [-0.39, 0.29) is 10.7 Å². The monoisotopic (exact) mass is 330 g/mol. The quantitative estimate of drug-likeness (QED) is 0.499. The van der Waals surface area contributed by atoms with Crippen molar-refractivity contribution in [3.8, 4) is 0 Å². The zero-order valence-corrected chi connectivity index (χ0v) is 14.4. The smallest absolute Gasteiger partial charge is 0.273 e. The minimum atomic E-state index is -0.189. The van der Waals surface area contributed by atoms with Gasteiger partial charge >= 0.3 is 0 Å². The second-order valence-corrected chi connectivity index (χ2v) is 5.98. The molecule has 1 aromatic carbocycles. The molecule has 0 unspecified atom stereocenters. The summed E-state index contributed by atoms with van der Waals surface area (Å²) in [6.45, 7) is 6.05. The highest BCUT2D eigenvalue weighted by atomic mass is 32.1. The van der Waals surface area contributed by atoms with Crippen LogP contribution in [0, 0.1) is 13.8 Å². The number of pyridine rings is 1. The van der Waals surface area contributed by atoms with Crippen molar-refractivity contribution < 1.29 is 0 Å². The molecule has 0 saturated heterocycles. The fraction of sp³-hybridized carbons (Fsp3) is 0.294. The van der Waals surface area contributed by atoms with Crippen molar-refractivity contribution >= 4 is 23.0 Å². The van der Waals surface area contributed by atoms with Gasteiger partial charge in [0.15, 0.2) is 5.11 Å². The lowest BCUT2D eigenvalue weighted by molar-refractivity contribution is 0.960. The molecule has 122 valence electrons. The summed E-state index contributed by atoms with van der Waals surface area (Å²) in [7, 11) is 0. The lowest BCUT2D eigenvalue weighted by atomic mass is 9.95. The standard InChI is InChI=1S/C17H22N4OS/c1-4-13-11(3)19-16(22)15(20-21-17(18)23)14(13)9-12-7-5-6-10(2)8-12/h5-8,20H,4,9H2,1-3H3,(H,19,22)(H3,18,21,23). The summed E-state index contributed by atoms with van der Waals surface area (Å²) in [5.74, 6) is 0. The molecule has 0 bridgehead atoms. The second-order valence-electron chi connectivity index (χ2n) is 5.54. The van der Waals surface area contributed by atoms with E-state index in [4.69, 9.17) is 18.0 Å². The first-order valence-electron chi connectivity index (χ1n) is 7.54. The number of nitrogens with one attached hydrogen (secondary N) is 3. The summed E-state index contributed by atoms with van der Waals surface area (Å²) in [5, 5.41) is 0.0875. The third kappa shape index (κ3) is 4.10. The third-order valence-electron chi connectivity index (χ3n) is 3.77. The highest BCUT2D eigenvalue weighted by molar-refractivity contribution is 7.80. The molecule has 2 rings (SSSR count). The maximum Gasteiger partial charge on any atom is 0.273 e. The van der Waals surface area contributed by atoms with E-state index in [1.165, 1.54) is 5.56 Å². The number of hydrogen-bond donors (Lipinski definition) is 4. The highest BCUT2D eigenvalue weighted by Gasteiger charge is 2.15. The number of thiocarbonyl (C=S) groups is 1. The number of aromatic nitrogens is 1. The van der Waals surface area contributed by atoms with Crippen molar-refractivity contribution in [2.45, 2.75) is 33.6 Å². The average molecular weight is 330 g/mol. The maximum atomic E-state index is 12.4. The van der Waals surface area contributed by atoms with Crippen LogP contribution in [0.25, 0.3) is 0 Å². The minimum Gasteiger partial charge on any atom is -0.375 e. The molecule has 0 fully saturated rings. The van der Waals surface area contributed by atoms with E-state index in [1.807, 2.05) is 13.0 Å². The van der Waals surface area contributed by atoms with Gasteiger partial charge in [0.2, 0.25) is 0 Å². The highest BCUT2D eigenvalue weighted by Crippen LogP contribution is 2.22. The van der Waals surface area contributed by atoms with Gasteiger partial charge in [0.05, 0.1) is 0 Å². The van der Waals surface area contributed by atoms with Crippen molar-refractivity contribution in [2.24, 2.45) is 5.73 Å². The molecule has 0 amide bonds. The van der Waals surface area contributed by atoms with Crippen LogP contribution in [0.15, 0.2) is 29.1 Å². The number of nitrogens with two attached hydrogens (primary N) is 1. The van der Waals surface area contributed by atoms with E-state index < -0.39 is 0 Å². The lowest BCUT2D eigenvalue weighted by Crippen LogP contribution is -2.37. The van der Waals surface area contributed by atoms with Crippen molar-refractivity contribution in [3.05, 3.63) is 62.6 Å². The number of benzene rings is 1. The number of hydrazine groups is 1. The van der Waals surface area contributed by atoms with Gasteiger partial charge in [0, 0.05) is 12.1 Å². The van der Waals surface area contributed by atoms with Gasteiger partial charge in [0.1, 0.15) is 5.69 Å². The van der Waals surface area contributed by atoms with E-state index in [0.717, 1.165) is 28.8 Å². The van der Waals surface area contributed by atoms with Crippen molar-refractivity contribution in [3.63, 3.8) is 0 Å². The van der Waals surface area contributed by atoms with Crippen molar-refractivity contribution in [1.29, 1.82) is 0 Å². The number of hydrogen-bond acceptors (Lipinski definition) is 3. The Morgan fingerprint density at radius 3 is 2.65 bits per heavy atom. The molecule has 1 aromatic heterocycles. The van der Waals surface area contributed by atoms with Crippen molar-refractivity contribution in [1.82, 2.24) is 10.4 Å². The fourth-order valence-electron chi connectivity index (χ4n) is 2.78. The molecule has 0 spiro atoms. The molecule has 0 saturated carbocycles. The third-order valence-corrected chi connectivity index (χ3v) is 3.88. The van der Waals surface area contributed by atoms with Gasteiger partial charge < -0.3 is 10.7 Å². The van der Waals surface area contributed by atoms with Crippen LogP contribution in [0.4, 0.5) is 5.69 Å². The van der Waals surface area contributed by atoms with Crippen LogP contribution in [0.3, 0.4) is 0 Å². The van der Waals surface area contributed by atoms with Crippen molar-refractivity contribution in [2.75, 3.05) is 5.43 Å². The molecular weight excluding hydrogens is 308 g/mol. The Kier molecular flexibility index (Phi) is 5.39. The lowest BCUT2D eigenvalue weighted by Gasteiger charge is -2.17. The Hall–Kier alpha value is -2.34. The van der Waals surface area contributed by atoms with Crippen LogP contribution in [0.2, 0.25) is 0 Å². The molecular formula is C17H22N4OS. The van der Waals surface area contributed by atoms with Crippen LogP contribution < -0.4 is 22.1 Å². The minimum absolute atomic E-state index is 0.0875. The van der Waals surface area contributed by atoms with Crippen LogP contribution in [-0.2, 0) is 12.8 Å². The Balaban J connectivity index is 2.52. The number of aromatic amines is 1. The first kappa shape index (κ1) is 17.0. The van der Waals surface area contributed by atoms with Crippen LogP contribution >= 0.6 is 12.2 Å². The summed E-state index contributed by atoms with van der Waals surface area (Å²) in [5.41, 5.74) is 16.6. The predicted octanol–water partition coefficient (Wildman–Crippen LogP) is 2.31. The topological polar surface area (TPSA) is 82.9 Å². The number of rotatable bonds is 5. The van der Waals surface area contributed by atoms with Gasteiger partial charge in [-0.05, 0) is 49.2 Å². The second kappa shape index (κ2) is 7.28. The SMILES string of the molecule is CCc1c(C)[nH]c(=O)c(NNC(N)=S)c1Cc1cccc(C)c1. The number of aryl methyl sites for hydroxylation is 2. The van der Waals surface area contributed by atoms with E-state index >= 15 is 0 Å². The summed E-state index contributed by atoms with van der Waals surface area (Å²) < 4.78 is 0. The number of anilines is 1. The van der Waals surface area contributed by atoms with Crippen LogP contribution in [0.5, 0.6) is 0 Å². The Bertz CT molecular complexity index is 783. The van der Waals surface area contributed by atoms with Gasteiger partial charge in [-0.3, -0.25) is 15.6 Å². The molecule has 5 N–H and O–H groups in total. The first-order valence-corrected chi connectivity index (χ1v) is 7.94. The maximum absolute atomic E-state index is 12.4. The van der Waals surface area contributed by atoms with Crippen LogP contribution in [0.1, 0.15) is 34.9 Å². The van der Waals surface area contributed by atoms with E-state index in [9.17, 15) is 4.79 Å². The molecule has 0 atom stereocenters. The molecule has 0 radical (unpaired) electrons. The Morgan fingerprint density at radius 2 is 2.04 bits per heavy atom. The fourth-order valence-corrected chi connectivity index (χ4v) is 2.83. The Labute approximate surface area is 141 Å². The van der Waals surface area contributed by atoms with Gasteiger partial charge in [-0.1, -0.05) is 36.8 Å². The summed E-state index contributed by atoms with van der Waals surface area (Å²) in [4.78, 5) is 15.2. The van der Waals surface area contributed by atoms with E-state index in [1.54, 1.807) is 0 Å². The molecule has 6 heteroatoms. The first-order chi connectivity index (χ1) is 10.9. The zero-order chi connectivity index (χ0) is 17.0. The molecule has 1 heterocycles. The molecule has 2 aromatic rings. The molecule has 5 nitrogen and oxygen atoms in total. The Morgan fingerprint density at radius 1 is 1.30 bits per heavy atom. The van der Waals surface area contributed by atoms with Gasteiger partial charge in [-0.15, -0.1) is 0 Å². The molecule has 0 aliphatic rings. The predicted molar refractivity (Wildman–Crippen MR) is 98.7 cm³/mol.